The van der Waals surface area contributed by atoms with E-state index in [-0.39, 0.29) is 11.9 Å². The van der Waals surface area contributed by atoms with Gasteiger partial charge < -0.3 is 5.32 Å². The SMILES string of the molecule is CCCC1N=C(CSCC(C)C)NC1=O. The maximum Gasteiger partial charge on any atom is 0.250 e. The lowest BCUT2D eigenvalue weighted by atomic mass is 10.2. The van der Waals surface area contributed by atoms with E-state index in [0.717, 1.165) is 30.2 Å². The van der Waals surface area contributed by atoms with Crippen molar-refractivity contribution in [1.82, 2.24) is 5.32 Å². The van der Waals surface area contributed by atoms with E-state index in [1.54, 1.807) is 0 Å². The van der Waals surface area contributed by atoms with Crippen LogP contribution in [0.3, 0.4) is 0 Å². The first-order valence-electron chi connectivity index (χ1n) is 5.58. The molecule has 0 fully saturated rings. The monoisotopic (exact) mass is 228 g/mol. The summed E-state index contributed by atoms with van der Waals surface area (Å²) in [5, 5.41) is 2.85. The van der Waals surface area contributed by atoms with Crippen molar-refractivity contribution in [2.24, 2.45) is 10.9 Å². The van der Waals surface area contributed by atoms with Crippen LogP contribution in [0.5, 0.6) is 0 Å². The predicted octanol–water partition coefficient (Wildman–Crippen LogP) is 2.07. The molecule has 0 spiro atoms. The molecule has 1 unspecified atom stereocenters. The molecule has 0 saturated heterocycles. The van der Waals surface area contributed by atoms with Crippen molar-refractivity contribution in [3.63, 3.8) is 0 Å². The Morgan fingerprint density at radius 2 is 2.27 bits per heavy atom. The first kappa shape index (κ1) is 12.6. The van der Waals surface area contributed by atoms with Gasteiger partial charge in [-0.3, -0.25) is 9.79 Å². The van der Waals surface area contributed by atoms with Crippen LogP contribution in [0.4, 0.5) is 0 Å². The number of rotatable bonds is 6. The van der Waals surface area contributed by atoms with Crippen molar-refractivity contribution in [3.8, 4) is 0 Å². The minimum atomic E-state index is -0.121. The van der Waals surface area contributed by atoms with Gasteiger partial charge in [0.25, 0.3) is 0 Å². The summed E-state index contributed by atoms with van der Waals surface area (Å²) in [6.07, 6.45) is 1.87. The van der Waals surface area contributed by atoms with Gasteiger partial charge in [-0.15, -0.1) is 0 Å². The highest BCUT2D eigenvalue weighted by Crippen LogP contribution is 2.12. The second-order valence-corrected chi connectivity index (χ2v) is 5.31. The summed E-state index contributed by atoms with van der Waals surface area (Å²) in [6, 6.07) is -0.121. The first-order chi connectivity index (χ1) is 7.13. The van der Waals surface area contributed by atoms with Gasteiger partial charge >= 0.3 is 0 Å². The summed E-state index contributed by atoms with van der Waals surface area (Å²) in [7, 11) is 0. The number of nitrogens with one attached hydrogen (secondary N) is 1. The molecule has 1 amide bonds. The Morgan fingerprint density at radius 1 is 1.53 bits per heavy atom. The number of aliphatic imine (C=N–C) groups is 1. The van der Waals surface area contributed by atoms with Gasteiger partial charge in [0.15, 0.2) is 0 Å². The van der Waals surface area contributed by atoms with Gasteiger partial charge in [-0.25, -0.2) is 0 Å². The van der Waals surface area contributed by atoms with Crippen LogP contribution in [-0.2, 0) is 4.79 Å². The summed E-state index contributed by atoms with van der Waals surface area (Å²) in [5.41, 5.74) is 0. The summed E-state index contributed by atoms with van der Waals surface area (Å²) < 4.78 is 0. The molecule has 15 heavy (non-hydrogen) atoms. The zero-order valence-electron chi connectivity index (χ0n) is 9.75. The summed E-state index contributed by atoms with van der Waals surface area (Å²) >= 11 is 1.84. The van der Waals surface area contributed by atoms with Crippen molar-refractivity contribution >= 4 is 23.5 Å². The van der Waals surface area contributed by atoms with Crippen molar-refractivity contribution in [2.45, 2.75) is 39.7 Å². The molecule has 0 radical (unpaired) electrons. The average molecular weight is 228 g/mol. The van der Waals surface area contributed by atoms with E-state index < -0.39 is 0 Å². The van der Waals surface area contributed by atoms with Crippen LogP contribution in [0, 0.1) is 5.92 Å². The van der Waals surface area contributed by atoms with E-state index in [1.807, 2.05) is 11.8 Å². The number of amidine groups is 1. The molecule has 1 aliphatic rings. The Kier molecular flexibility index (Phi) is 5.15. The third-order valence-electron chi connectivity index (χ3n) is 2.13. The van der Waals surface area contributed by atoms with Crippen LogP contribution < -0.4 is 5.32 Å². The van der Waals surface area contributed by atoms with Crippen LogP contribution in [0.15, 0.2) is 4.99 Å². The normalized spacial score (nSPS) is 20.7. The summed E-state index contributed by atoms with van der Waals surface area (Å²) in [6.45, 7) is 6.47. The van der Waals surface area contributed by atoms with Crippen molar-refractivity contribution in [2.75, 3.05) is 11.5 Å². The largest absolute Gasteiger partial charge is 0.312 e. The lowest BCUT2D eigenvalue weighted by Gasteiger charge is -2.03. The molecular weight excluding hydrogens is 208 g/mol. The van der Waals surface area contributed by atoms with Gasteiger partial charge in [-0.05, 0) is 18.1 Å². The van der Waals surface area contributed by atoms with Crippen LogP contribution in [0.1, 0.15) is 33.6 Å². The Hall–Kier alpha value is -0.510. The topological polar surface area (TPSA) is 41.5 Å². The van der Waals surface area contributed by atoms with Crippen LogP contribution in [0.2, 0.25) is 0 Å². The van der Waals surface area contributed by atoms with E-state index in [4.69, 9.17) is 0 Å². The molecule has 3 nitrogen and oxygen atoms in total. The maximum absolute atomic E-state index is 11.4. The molecule has 0 aromatic carbocycles. The molecule has 0 saturated carbocycles. The van der Waals surface area contributed by atoms with Gasteiger partial charge in [0.2, 0.25) is 5.91 Å². The smallest absolute Gasteiger partial charge is 0.250 e. The molecule has 0 aliphatic carbocycles. The number of amides is 1. The molecule has 1 heterocycles. The van der Waals surface area contributed by atoms with E-state index in [2.05, 4.69) is 31.1 Å². The second-order valence-electron chi connectivity index (χ2n) is 4.28. The van der Waals surface area contributed by atoms with Gasteiger partial charge in [0, 0.05) is 0 Å². The van der Waals surface area contributed by atoms with Crippen LogP contribution in [-0.4, -0.2) is 29.3 Å². The standard InChI is InChI=1S/C11H20N2OS/c1-4-5-9-11(14)13-10(12-9)7-15-6-8(2)3/h8-9H,4-7H2,1-3H3,(H,12,13,14). The minimum Gasteiger partial charge on any atom is -0.312 e. The predicted molar refractivity (Wildman–Crippen MR) is 66.4 cm³/mol. The molecule has 1 N–H and O–H groups in total. The quantitative estimate of drug-likeness (QED) is 0.756. The highest BCUT2D eigenvalue weighted by Gasteiger charge is 2.24. The lowest BCUT2D eigenvalue weighted by Crippen LogP contribution is -2.29. The van der Waals surface area contributed by atoms with Crippen molar-refractivity contribution in [3.05, 3.63) is 0 Å². The fourth-order valence-corrected chi connectivity index (χ4v) is 2.37. The number of hydrogen-bond acceptors (Lipinski definition) is 3. The summed E-state index contributed by atoms with van der Waals surface area (Å²) in [5.74, 6) is 3.59. The highest BCUT2D eigenvalue weighted by molar-refractivity contribution is 7.99. The van der Waals surface area contributed by atoms with Crippen LogP contribution >= 0.6 is 11.8 Å². The van der Waals surface area contributed by atoms with E-state index >= 15 is 0 Å². The Morgan fingerprint density at radius 3 is 2.87 bits per heavy atom. The molecule has 1 aliphatic heterocycles. The van der Waals surface area contributed by atoms with E-state index in [0.29, 0.717) is 5.92 Å². The molecule has 0 aromatic heterocycles. The van der Waals surface area contributed by atoms with E-state index in [9.17, 15) is 4.79 Å². The minimum absolute atomic E-state index is 0.0806. The number of hydrogen-bond donors (Lipinski definition) is 1. The molecule has 1 rings (SSSR count). The average Bonchev–Trinajstić information content (AvgIpc) is 2.47. The Labute approximate surface area is 96.1 Å². The third kappa shape index (κ3) is 4.24. The fourth-order valence-electron chi connectivity index (χ4n) is 1.44. The van der Waals surface area contributed by atoms with Gasteiger partial charge in [-0.2, -0.15) is 11.8 Å². The Bertz CT molecular complexity index is 251. The number of carbonyl (C=O) groups is 1. The van der Waals surface area contributed by atoms with Crippen molar-refractivity contribution < 1.29 is 4.79 Å². The van der Waals surface area contributed by atoms with Gasteiger partial charge in [0.1, 0.15) is 11.9 Å². The Balaban J connectivity index is 2.31. The second kappa shape index (κ2) is 6.16. The zero-order chi connectivity index (χ0) is 11.3. The fraction of sp³-hybridized carbons (Fsp3) is 0.818. The highest BCUT2D eigenvalue weighted by atomic mass is 32.2. The third-order valence-corrected chi connectivity index (χ3v) is 3.51. The van der Waals surface area contributed by atoms with Gasteiger partial charge in [0.05, 0.1) is 5.75 Å². The first-order valence-corrected chi connectivity index (χ1v) is 6.74. The number of carbonyl (C=O) groups excluding carboxylic acids is 1. The summed E-state index contributed by atoms with van der Waals surface area (Å²) in [4.78, 5) is 15.8. The molecule has 1 atom stereocenters. The van der Waals surface area contributed by atoms with Crippen LogP contribution in [0.25, 0.3) is 0 Å². The number of nitrogens with zero attached hydrogens (tertiary/aromatic N) is 1. The van der Waals surface area contributed by atoms with Crippen molar-refractivity contribution in [1.29, 1.82) is 0 Å². The number of thioether (sulfide) groups is 1. The molecule has 0 bridgehead atoms. The molecule has 0 aromatic rings. The molecule has 4 heteroatoms. The maximum atomic E-state index is 11.4. The lowest BCUT2D eigenvalue weighted by molar-refractivity contribution is -0.120. The molecular formula is C11H20N2OS. The zero-order valence-corrected chi connectivity index (χ0v) is 10.6. The van der Waals surface area contributed by atoms with Gasteiger partial charge in [-0.1, -0.05) is 27.2 Å². The molecule has 86 valence electrons. The van der Waals surface area contributed by atoms with E-state index in [1.165, 1.54) is 0 Å².